The minimum atomic E-state index is -3.07. The summed E-state index contributed by atoms with van der Waals surface area (Å²) in [6, 6.07) is 10.9. The first-order valence-electron chi connectivity index (χ1n) is 9.75. The molecule has 158 valence electrons. The van der Waals surface area contributed by atoms with Crippen LogP contribution < -0.4 is 4.74 Å². The molecule has 0 N–H and O–H groups in total. The predicted molar refractivity (Wildman–Crippen MR) is 116 cm³/mol. The zero-order valence-corrected chi connectivity index (χ0v) is 18.5. The average Bonchev–Trinajstić information content (AvgIpc) is 3.32. The van der Waals surface area contributed by atoms with Gasteiger partial charge in [0.15, 0.2) is 9.84 Å². The maximum Gasteiger partial charge on any atom is 0.254 e. The Balaban J connectivity index is 1.72. The summed E-state index contributed by atoms with van der Waals surface area (Å²) in [4.78, 5) is 18.2. The number of nitrogens with zero attached hydrogens (tertiary/aromatic N) is 2. The molecular formula is C21H28N2O4S2. The van der Waals surface area contributed by atoms with Crippen LogP contribution in [0.1, 0.15) is 28.1 Å². The first kappa shape index (κ1) is 21.8. The van der Waals surface area contributed by atoms with E-state index in [-0.39, 0.29) is 23.5 Å². The van der Waals surface area contributed by atoms with Gasteiger partial charge in [-0.2, -0.15) is 0 Å². The molecule has 0 bridgehead atoms. The van der Waals surface area contributed by atoms with Crippen LogP contribution in [0.25, 0.3) is 0 Å². The van der Waals surface area contributed by atoms with Crippen LogP contribution >= 0.6 is 11.3 Å². The second-order valence-corrected chi connectivity index (χ2v) is 10.9. The van der Waals surface area contributed by atoms with Crippen molar-refractivity contribution in [3.05, 3.63) is 52.2 Å². The molecule has 1 aromatic carbocycles. The maximum atomic E-state index is 13.3. The van der Waals surface area contributed by atoms with Crippen molar-refractivity contribution in [2.45, 2.75) is 25.5 Å². The highest BCUT2D eigenvalue weighted by Crippen LogP contribution is 2.23. The standard InChI is InChI=1S/C21H28N2O4S2/c1-22(2)10-5-11-23(18-9-13-29(25,26)16-18)21(24)17-6-3-7-19(14-17)27-15-20-8-4-12-28-20/h3-4,6-8,12,14,18H,5,9-11,13,15-16H2,1-2H3. The van der Waals surface area contributed by atoms with Gasteiger partial charge in [0.05, 0.1) is 11.5 Å². The Morgan fingerprint density at radius 2 is 2.03 bits per heavy atom. The van der Waals surface area contributed by atoms with Crippen LogP contribution in [0.5, 0.6) is 5.75 Å². The quantitative estimate of drug-likeness (QED) is 0.605. The second kappa shape index (κ2) is 9.73. The van der Waals surface area contributed by atoms with Crippen molar-refractivity contribution < 1.29 is 17.9 Å². The van der Waals surface area contributed by atoms with Gasteiger partial charge >= 0.3 is 0 Å². The van der Waals surface area contributed by atoms with Crippen molar-refractivity contribution in [2.75, 3.05) is 38.7 Å². The van der Waals surface area contributed by atoms with Crippen LogP contribution in [0.4, 0.5) is 0 Å². The summed E-state index contributed by atoms with van der Waals surface area (Å²) in [5.41, 5.74) is 0.530. The van der Waals surface area contributed by atoms with Crippen molar-refractivity contribution in [3.63, 3.8) is 0 Å². The summed E-state index contributed by atoms with van der Waals surface area (Å²) in [7, 11) is 0.906. The smallest absolute Gasteiger partial charge is 0.254 e. The molecular weight excluding hydrogens is 408 g/mol. The van der Waals surface area contributed by atoms with Gasteiger partial charge in [-0.15, -0.1) is 11.3 Å². The molecule has 2 heterocycles. The summed E-state index contributed by atoms with van der Waals surface area (Å²) in [6.07, 6.45) is 1.30. The average molecular weight is 437 g/mol. The monoisotopic (exact) mass is 436 g/mol. The first-order valence-corrected chi connectivity index (χ1v) is 12.5. The molecule has 1 aliphatic rings. The number of benzene rings is 1. The lowest BCUT2D eigenvalue weighted by Gasteiger charge is -2.29. The topological polar surface area (TPSA) is 66.9 Å². The number of carbonyl (C=O) groups excluding carboxylic acids is 1. The maximum absolute atomic E-state index is 13.3. The van der Waals surface area contributed by atoms with Crippen molar-refractivity contribution in [1.29, 1.82) is 0 Å². The Morgan fingerprint density at radius 3 is 2.69 bits per heavy atom. The molecule has 8 heteroatoms. The fourth-order valence-electron chi connectivity index (χ4n) is 3.46. The van der Waals surface area contributed by atoms with E-state index in [1.165, 1.54) is 0 Å². The third-order valence-electron chi connectivity index (χ3n) is 4.96. The van der Waals surface area contributed by atoms with E-state index >= 15 is 0 Å². The Morgan fingerprint density at radius 1 is 1.21 bits per heavy atom. The number of rotatable bonds is 9. The Hall–Kier alpha value is -1.90. The van der Waals surface area contributed by atoms with Gasteiger partial charge in [0.1, 0.15) is 12.4 Å². The number of thiophene rings is 1. The predicted octanol–water partition coefficient (Wildman–Crippen LogP) is 2.91. The Bertz CT molecular complexity index is 911. The summed E-state index contributed by atoms with van der Waals surface area (Å²) in [6.45, 7) is 1.84. The largest absolute Gasteiger partial charge is 0.488 e. The van der Waals surface area contributed by atoms with Crippen molar-refractivity contribution in [3.8, 4) is 5.75 Å². The van der Waals surface area contributed by atoms with Crippen molar-refractivity contribution in [1.82, 2.24) is 9.80 Å². The lowest BCUT2D eigenvalue weighted by Crippen LogP contribution is -2.42. The van der Waals surface area contributed by atoms with E-state index in [2.05, 4.69) is 4.90 Å². The van der Waals surface area contributed by atoms with Gasteiger partial charge in [0.2, 0.25) is 0 Å². The minimum Gasteiger partial charge on any atom is -0.488 e. The third kappa shape index (κ3) is 6.29. The zero-order valence-electron chi connectivity index (χ0n) is 16.9. The molecule has 3 rings (SSSR count). The van der Waals surface area contributed by atoms with Gasteiger partial charge in [-0.1, -0.05) is 12.1 Å². The Kier molecular flexibility index (Phi) is 7.32. The SMILES string of the molecule is CN(C)CCCN(C(=O)c1cccc(OCc2cccs2)c1)C1CCS(=O)(=O)C1. The van der Waals surface area contributed by atoms with Gasteiger partial charge in [0.25, 0.3) is 5.91 Å². The molecule has 1 amide bonds. The number of ether oxygens (including phenoxy) is 1. The molecule has 2 aromatic rings. The lowest BCUT2D eigenvalue weighted by atomic mass is 10.1. The van der Waals surface area contributed by atoms with Crippen LogP contribution in [0, 0.1) is 0 Å². The molecule has 6 nitrogen and oxygen atoms in total. The lowest BCUT2D eigenvalue weighted by molar-refractivity contribution is 0.0690. The highest BCUT2D eigenvalue weighted by Gasteiger charge is 2.34. The third-order valence-corrected chi connectivity index (χ3v) is 7.56. The molecule has 0 saturated carbocycles. The summed E-state index contributed by atoms with van der Waals surface area (Å²) < 4.78 is 29.8. The zero-order chi connectivity index (χ0) is 20.9. The van der Waals surface area contributed by atoms with E-state index in [1.54, 1.807) is 34.4 Å². The van der Waals surface area contributed by atoms with Gasteiger partial charge in [-0.3, -0.25) is 4.79 Å². The molecule has 1 aliphatic heterocycles. The molecule has 0 radical (unpaired) electrons. The van der Waals surface area contributed by atoms with E-state index in [1.807, 2.05) is 37.7 Å². The number of hydrogen-bond acceptors (Lipinski definition) is 6. The molecule has 1 aromatic heterocycles. The fourth-order valence-corrected chi connectivity index (χ4v) is 5.81. The van der Waals surface area contributed by atoms with Crippen LogP contribution in [-0.2, 0) is 16.4 Å². The number of hydrogen-bond donors (Lipinski definition) is 0. The number of carbonyl (C=O) groups is 1. The summed E-state index contributed by atoms with van der Waals surface area (Å²) in [5, 5.41) is 2.00. The first-order chi connectivity index (χ1) is 13.8. The minimum absolute atomic E-state index is 0.0509. The van der Waals surface area contributed by atoms with E-state index in [0.29, 0.717) is 30.9 Å². The van der Waals surface area contributed by atoms with E-state index < -0.39 is 9.84 Å². The van der Waals surface area contributed by atoms with E-state index in [0.717, 1.165) is 17.8 Å². The molecule has 0 aliphatic carbocycles. The number of sulfone groups is 1. The van der Waals surface area contributed by atoms with Gasteiger partial charge in [-0.25, -0.2) is 8.42 Å². The molecule has 0 spiro atoms. The molecule has 29 heavy (non-hydrogen) atoms. The van der Waals surface area contributed by atoms with Crippen LogP contribution in [0.3, 0.4) is 0 Å². The highest BCUT2D eigenvalue weighted by atomic mass is 32.2. The molecule has 1 saturated heterocycles. The summed E-state index contributed by atoms with van der Waals surface area (Å²) >= 11 is 1.62. The molecule has 1 fully saturated rings. The van der Waals surface area contributed by atoms with Gasteiger partial charge in [-0.05, 0) is 63.1 Å². The van der Waals surface area contributed by atoms with Crippen molar-refractivity contribution >= 4 is 27.1 Å². The normalized spacial score (nSPS) is 18.1. The highest BCUT2D eigenvalue weighted by molar-refractivity contribution is 7.91. The van der Waals surface area contributed by atoms with Crippen LogP contribution in [0.2, 0.25) is 0 Å². The Labute approximate surface area is 177 Å². The molecule has 1 atom stereocenters. The fraction of sp³-hybridized carbons (Fsp3) is 0.476. The summed E-state index contributed by atoms with van der Waals surface area (Å²) in [5.74, 6) is 0.706. The number of amides is 1. The second-order valence-electron chi connectivity index (χ2n) is 7.61. The van der Waals surface area contributed by atoms with E-state index in [4.69, 9.17) is 4.74 Å². The van der Waals surface area contributed by atoms with E-state index in [9.17, 15) is 13.2 Å². The van der Waals surface area contributed by atoms with Crippen molar-refractivity contribution in [2.24, 2.45) is 0 Å². The van der Waals surface area contributed by atoms with Gasteiger partial charge < -0.3 is 14.5 Å². The molecule has 1 unspecified atom stereocenters. The van der Waals surface area contributed by atoms with Crippen LogP contribution in [0.15, 0.2) is 41.8 Å². The van der Waals surface area contributed by atoms with Crippen LogP contribution in [-0.4, -0.2) is 68.9 Å². The van der Waals surface area contributed by atoms with Gasteiger partial charge in [0, 0.05) is 23.0 Å².